The Morgan fingerprint density at radius 3 is 2.32 bits per heavy atom. The molecule has 0 spiro atoms. The van der Waals surface area contributed by atoms with E-state index in [4.69, 9.17) is 14.2 Å². The number of carbonyl (C=O) groups excluding carboxylic acids is 1. The number of thiazole rings is 1. The lowest BCUT2D eigenvalue weighted by atomic mass is 10.1. The summed E-state index contributed by atoms with van der Waals surface area (Å²) in [6.07, 6.45) is 1.79. The van der Waals surface area contributed by atoms with Gasteiger partial charge in [0, 0.05) is 16.6 Å². The lowest BCUT2D eigenvalue weighted by molar-refractivity contribution is 0.0996. The van der Waals surface area contributed by atoms with Crippen molar-refractivity contribution in [3.63, 3.8) is 0 Å². The highest BCUT2D eigenvalue weighted by atomic mass is 79.9. The van der Waals surface area contributed by atoms with Gasteiger partial charge in [-0.1, -0.05) is 33.3 Å². The SMILES string of the molecule is C=CCn1c(=NC(=O)c2cc(OCC)c(OCC)c(OCC)c2)sc2cc(Br)ccc21. The van der Waals surface area contributed by atoms with Crippen molar-refractivity contribution in [2.75, 3.05) is 19.8 Å². The summed E-state index contributed by atoms with van der Waals surface area (Å²) in [6.45, 7) is 11.3. The predicted octanol–water partition coefficient (Wildman–Crippen LogP) is 5.59. The highest BCUT2D eigenvalue weighted by Gasteiger charge is 2.18. The van der Waals surface area contributed by atoms with Crippen LogP contribution in [0.4, 0.5) is 0 Å². The van der Waals surface area contributed by atoms with Gasteiger partial charge < -0.3 is 18.8 Å². The van der Waals surface area contributed by atoms with Gasteiger partial charge in [-0.2, -0.15) is 4.99 Å². The number of aromatic nitrogens is 1. The van der Waals surface area contributed by atoms with Crippen LogP contribution < -0.4 is 19.0 Å². The fraction of sp³-hybridized carbons (Fsp3) is 0.304. The van der Waals surface area contributed by atoms with Crippen LogP contribution in [0.5, 0.6) is 17.2 Å². The molecule has 6 nitrogen and oxygen atoms in total. The molecule has 0 saturated heterocycles. The maximum absolute atomic E-state index is 13.1. The van der Waals surface area contributed by atoms with Crippen molar-refractivity contribution in [3.8, 4) is 17.2 Å². The Bertz CT molecular complexity index is 1140. The Labute approximate surface area is 193 Å². The van der Waals surface area contributed by atoms with E-state index in [0.29, 0.717) is 54.0 Å². The quantitative estimate of drug-likeness (QED) is 0.356. The number of hydrogen-bond acceptors (Lipinski definition) is 5. The molecule has 1 heterocycles. The van der Waals surface area contributed by atoms with Gasteiger partial charge in [0.25, 0.3) is 5.91 Å². The summed E-state index contributed by atoms with van der Waals surface area (Å²) in [5.41, 5.74) is 1.37. The third-order valence-electron chi connectivity index (χ3n) is 4.31. The number of fused-ring (bicyclic) bond motifs is 1. The molecule has 2 aromatic carbocycles. The Morgan fingerprint density at radius 2 is 1.74 bits per heavy atom. The first kappa shape index (κ1) is 23.1. The number of amides is 1. The molecule has 31 heavy (non-hydrogen) atoms. The third-order valence-corrected chi connectivity index (χ3v) is 5.84. The van der Waals surface area contributed by atoms with E-state index in [9.17, 15) is 4.79 Å². The first-order chi connectivity index (χ1) is 15.0. The zero-order chi connectivity index (χ0) is 22.4. The number of nitrogens with zero attached hydrogens (tertiary/aromatic N) is 2. The summed E-state index contributed by atoms with van der Waals surface area (Å²) < 4.78 is 21.1. The number of allylic oxidation sites excluding steroid dienone is 1. The van der Waals surface area contributed by atoms with Gasteiger partial charge in [0.15, 0.2) is 16.3 Å². The van der Waals surface area contributed by atoms with Gasteiger partial charge in [0.05, 0.1) is 30.0 Å². The number of ether oxygens (including phenoxy) is 3. The van der Waals surface area contributed by atoms with Gasteiger partial charge in [-0.05, 0) is 51.1 Å². The summed E-state index contributed by atoms with van der Waals surface area (Å²) in [5.74, 6) is 1.05. The molecule has 0 unspecified atom stereocenters. The molecule has 0 atom stereocenters. The van der Waals surface area contributed by atoms with Crippen LogP contribution in [0, 0.1) is 0 Å². The average molecular weight is 505 g/mol. The Hall–Kier alpha value is -2.58. The lowest BCUT2D eigenvalue weighted by Gasteiger charge is -2.16. The molecular formula is C23H25BrN2O4S. The van der Waals surface area contributed by atoms with Crippen molar-refractivity contribution in [2.24, 2.45) is 4.99 Å². The number of hydrogen-bond donors (Lipinski definition) is 0. The lowest BCUT2D eigenvalue weighted by Crippen LogP contribution is -2.16. The molecule has 0 saturated carbocycles. The smallest absolute Gasteiger partial charge is 0.279 e. The van der Waals surface area contributed by atoms with E-state index in [1.54, 1.807) is 18.2 Å². The normalized spacial score (nSPS) is 11.5. The number of carbonyl (C=O) groups is 1. The molecule has 1 amide bonds. The molecule has 0 N–H and O–H groups in total. The molecule has 3 rings (SSSR count). The molecule has 0 fully saturated rings. The van der Waals surface area contributed by atoms with Crippen molar-refractivity contribution in [3.05, 3.63) is 57.8 Å². The standard InChI is InChI=1S/C23H25BrN2O4S/c1-5-11-26-17-10-9-16(24)14-20(17)31-23(26)25-22(27)15-12-18(28-6-2)21(30-8-4)19(13-15)29-7-3/h5,9-10,12-14H,1,6-8,11H2,2-4H3. The van der Waals surface area contributed by atoms with Gasteiger partial charge >= 0.3 is 0 Å². The minimum Gasteiger partial charge on any atom is -0.490 e. The van der Waals surface area contributed by atoms with Crippen LogP contribution in [0.25, 0.3) is 10.2 Å². The van der Waals surface area contributed by atoms with Crippen molar-refractivity contribution in [2.45, 2.75) is 27.3 Å². The first-order valence-corrected chi connectivity index (χ1v) is 11.7. The van der Waals surface area contributed by atoms with Crippen LogP contribution >= 0.6 is 27.3 Å². The Morgan fingerprint density at radius 1 is 1.10 bits per heavy atom. The number of rotatable bonds is 9. The van der Waals surface area contributed by atoms with Gasteiger partial charge in [-0.25, -0.2) is 0 Å². The van der Waals surface area contributed by atoms with Crippen LogP contribution in [0.1, 0.15) is 31.1 Å². The maximum atomic E-state index is 13.1. The van der Waals surface area contributed by atoms with Crippen LogP contribution in [-0.2, 0) is 6.54 Å². The average Bonchev–Trinajstić information content (AvgIpc) is 3.06. The van der Waals surface area contributed by atoms with E-state index in [1.165, 1.54) is 11.3 Å². The summed E-state index contributed by atoms with van der Waals surface area (Å²) in [4.78, 5) is 18.2. The largest absolute Gasteiger partial charge is 0.490 e. The fourth-order valence-electron chi connectivity index (χ4n) is 3.10. The highest BCUT2D eigenvalue weighted by Crippen LogP contribution is 2.39. The molecule has 8 heteroatoms. The first-order valence-electron chi connectivity index (χ1n) is 10.1. The summed E-state index contributed by atoms with van der Waals surface area (Å²) in [7, 11) is 0. The van der Waals surface area contributed by atoms with Gasteiger partial charge in [0.2, 0.25) is 5.75 Å². The number of halogens is 1. The molecule has 1 aromatic heterocycles. The third kappa shape index (κ3) is 5.19. The summed E-state index contributed by atoms with van der Waals surface area (Å²) in [6, 6.07) is 9.30. The molecule has 0 aliphatic rings. The van der Waals surface area contributed by atoms with E-state index in [-0.39, 0.29) is 5.91 Å². The zero-order valence-electron chi connectivity index (χ0n) is 17.8. The molecule has 0 aliphatic carbocycles. The minimum absolute atomic E-state index is 0.374. The van der Waals surface area contributed by atoms with Crippen LogP contribution in [0.15, 0.2) is 52.5 Å². The Kier molecular flexibility index (Phi) is 7.92. The highest BCUT2D eigenvalue weighted by molar-refractivity contribution is 9.10. The van der Waals surface area contributed by atoms with Crippen molar-refractivity contribution < 1.29 is 19.0 Å². The molecular weight excluding hydrogens is 480 g/mol. The van der Waals surface area contributed by atoms with Gasteiger partial charge in [0.1, 0.15) is 0 Å². The maximum Gasteiger partial charge on any atom is 0.279 e. The fourth-order valence-corrected chi connectivity index (χ4v) is 4.69. The minimum atomic E-state index is -0.381. The van der Waals surface area contributed by atoms with E-state index >= 15 is 0 Å². The second-order valence-corrected chi connectivity index (χ2v) is 8.34. The number of benzene rings is 2. The Balaban J connectivity index is 2.13. The summed E-state index contributed by atoms with van der Waals surface area (Å²) >= 11 is 4.95. The second kappa shape index (κ2) is 10.6. The van der Waals surface area contributed by atoms with E-state index in [2.05, 4.69) is 27.5 Å². The molecule has 164 valence electrons. The van der Waals surface area contributed by atoms with Crippen LogP contribution in [-0.4, -0.2) is 30.3 Å². The van der Waals surface area contributed by atoms with Crippen LogP contribution in [0.3, 0.4) is 0 Å². The monoisotopic (exact) mass is 504 g/mol. The topological polar surface area (TPSA) is 62.1 Å². The van der Waals surface area contributed by atoms with E-state index < -0.39 is 0 Å². The van der Waals surface area contributed by atoms with Crippen LogP contribution in [0.2, 0.25) is 0 Å². The summed E-state index contributed by atoms with van der Waals surface area (Å²) in [5, 5.41) is 0. The predicted molar refractivity (Wildman–Crippen MR) is 128 cm³/mol. The molecule has 3 aromatic rings. The molecule has 0 aliphatic heterocycles. The van der Waals surface area contributed by atoms with Crippen molar-refractivity contribution in [1.29, 1.82) is 0 Å². The van der Waals surface area contributed by atoms with E-state index in [1.807, 2.05) is 43.5 Å². The zero-order valence-corrected chi connectivity index (χ0v) is 20.2. The molecule has 0 bridgehead atoms. The van der Waals surface area contributed by atoms with E-state index in [0.717, 1.165) is 14.7 Å². The molecule has 0 radical (unpaired) electrons. The van der Waals surface area contributed by atoms with Gasteiger partial charge in [-0.15, -0.1) is 6.58 Å². The second-order valence-electron chi connectivity index (χ2n) is 6.41. The van der Waals surface area contributed by atoms with Gasteiger partial charge in [-0.3, -0.25) is 4.79 Å². The van der Waals surface area contributed by atoms with Crippen molar-refractivity contribution in [1.82, 2.24) is 4.57 Å². The van der Waals surface area contributed by atoms with Crippen molar-refractivity contribution >= 4 is 43.4 Å².